The molecule has 0 spiro atoms. The molecule has 96 valence electrons. The molecule has 0 aliphatic heterocycles. The van der Waals surface area contributed by atoms with Gasteiger partial charge in [0.1, 0.15) is 5.52 Å². The van der Waals surface area contributed by atoms with Crippen molar-refractivity contribution in [2.24, 2.45) is 0 Å². The number of benzene rings is 1. The van der Waals surface area contributed by atoms with E-state index in [0.29, 0.717) is 11.7 Å². The summed E-state index contributed by atoms with van der Waals surface area (Å²) in [7, 11) is 0. The van der Waals surface area contributed by atoms with Crippen LogP contribution in [0.25, 0.3) is 11.1 Å². The molecule has 0 radical (unpaired) electrons. The number of nitrogens with zero attached hydrogens (tertiary/aromatic N) is 1. The number of anilines is 2. The van der Waals surface area contributed by atoms with Crippen LogP contribution in [-0.2, 0) is 0 Å². The molecule has 1 fully saturated rings. The Hall–Kier alpha value is -1.71. The molecule has 1 heterocycles. The SMILES string of the molecule is CC1(Nc2nc3ccc(N)cc3o2)CCCCC1. The van der Waals surface area contributed by atoms with Crippen LogP contribution in [0.4, 0.5) is 11.7 Å². The number of nitrogens with two attached hydrogens (primary N) is 1. The largest absolute Gasteiger partial charge is 0.423 e. The van der Waals surface area contributed by atoms with Crippen molar-refractivity contribution in [2.75, 3.05) is 11.1 Å². The van der Waals surface area contributed by atoms with Gasteiger partial charge in [-0.05, 0) is 31.9 Å². The molecule has 3 N–H and O–H groups in total. The smallest absolute Gasteiger partial charge is 0.296 e. The molecule has 1 aliphatic rings. The van der Waals surface area contributed by atoms with E-state index in [1.165, 1.54) is 32.1 Å². The third-order valence-corrected chi connectivity index (χ3v) is 3.78. The summed E-state index contributed by atoms with van der Waals surface area (Å²) in [6, 6.07) is 6.16. The molecule has 0 amide bonds. The highest BCUT2D eigenvalue weighted by atomic mass is 16.4. The van der Waals surface area contributed by atoms with Crippen LogP contribution in [0.15, 0.2) is 22.6 Å². The lowest BCUT2D eigenvalue weighted by Crippen LogP contribution is -2.36. The van der Waals surface area contributed by atoms with Gasteiger partial charge in [-0.2, -0.15) is 4.98 Å². The molecule has 1 aromatic heterocycles. The van der Waals surface area contributed by atoms with E-state index >= 15 is 0 Å². The van der Waals surface area contributed by atoms with Gasteiger partial charge >= 0.3 is 0 Å². The molecule has 2 aromatic rings. The van der Waals surface area contributed by atoms with Gasteiger partial charge in [0.15, 0.2) is 5.58 Å². The first-order valence-electron chi connectivity index (χ1n) is 6.59. The Labute approximate surface area is 107 Å². The monoisotopic (exact) mass is 245 g/mol. The highest BCUT2D eigenvalue weighted by Crippen LogP contribution is 2.32. The molecule has 18 heavy (non-hydrogen) atoms. The van der Waals surface area contributed by atoms with E-state index in [4.69, 9.17) is 10.2 Å². The van der Waals surface area contributed by atoms with E-state index in [0.717, 1.165) is 11.1 Å². The van der Waals surface area contributed by atoms with Crippen molar-refractivity contribution in [1.82, 2.24) is 4.98 Å². The second-order valence-corrected chi connectivity index (χ2v) is 5.49. The lowest BCUT2D eigenvalue weighted by molar-refractivity contribution is 0.341. The van der Waals surface area contributed by atoms with E-state index < -0.39 is 0 Å². The molecule has 1 saturated carbocycles. The Kier molecular flexibility index (Phi) is 2.65. The quantitative estimate of drug-likeness (QED) is 0.794. The van der Waals surface area contributed by atoms with Crippen LogP contribution in [-0.4, -0.2) is 10.5 Å². The normalized spacial score (nSPS) is 18.9. The summed E-state index contributed by atoms with van der Waals surface area (Å²) in [6.45, 7) is 2.25. The van der Waals surface area contributed by atoms with Crippen molar-refractivity contribution in [2.45, 2.75) is 44.6 Å². The van der Waals surface area contributed by atoms with Gasteiger partial charge in [0.25, 0.3) is 6.01 Å². The maximum atomic E-state index is 5.74. The van der Waals surface area contributed by atoms with Crippen molar-refractivity contribution in [3.05, 3.63) is 18.2 Å². The molecular formula is C14H19N3O. The van der Waals surface area contributed by atoms with Gasteiger partial charge in [-0.3, -0.25) is 0 Å². The van der Waals surface area contributed by atoms with Crippen LogP contribution in [0.2, 0.25) is 0 Å². The minimum absolute atomic E-state index is 0.116. The standard InChI is InChI=1S/C14H19N3O/c1-14(7-3-2-4-8-14)17-13-16-11-6-5-10(15)9-12(11)18-13/h5-6,9H,2-4,7-8,15H2,1H3,(H,16,17). The number of rotatable bonds is 2. The number of hydrogen-bond acceptors (Lipinski definition) is 4. The molecule has 4 nitrogen and oxygen atoms in total. The lowest BCUT2D eigenvalue weighted by atomic mass is 9.83. The van der Waals surface area contributed by atoms with Crippen LogP contribution in [0.3, 0.4) is 0 Å². The van der Waals surface area contributed by atoms with Crippen LogP contribution < -0.4 is 11.1 Å². The Morgan fingerprint density at radius 2 is 2.06 bits per heavy atom. The summed E-state index contributed by atoms with van der Waals surface area (Å²) in [4.78, 5) is 4.46. The van der Waals surface area contributed by atoms with E-state index in [1.54, 1.807) is 0 Å². The highest BCUT2D eigenvalue weighted by molar-refractivity contribution is 5.78. The van der Waals surface area contributed by atoms with Crippen LogP contribution in [0, 0.1) is 0 Å². The van der Waals surface area contributed by atoms with E-state index in [9.17, 15) is 0 Å². The molecule has 0 bridgehead atoms. The minimum Gasteiger partial charge on any atom is -0.423 e. The van der Waals surface area contributed by atoms with Gasteiger partial charge in [0.2, 0.25) is 0 Å². The zero-order valence-corrected chi connectivity index (χ0v) is 10.7. The molecule has 3 rings (SSSR count). The van der Waals surface area contributed by atoms with Crippen molar-refractivity contribution in [1.29, 1.82) is 0 Å². The Bertz CT molecular complexity index is 555. The number of hydrogen-bond donors (Lipinski definition) is 2. The fraction of sp³-hybridized carbons (Fsp3) is 0.500. The van der Waals surface area contributed by atoms with Crippen molar-refractivity contribution < 1.29 is 4.42 Å². The van der Waals surface area contributed by atoms with Crippen LogP contribution >= 0.6 is 0 Å². The van der Waals surface area contributed by atoms with Crippen molar-refractivity contribution in [3.8, 4) is 0 Å². The van der Waals surface area contributed by atoms with Gasteiger partial charge in [-0.1, -0.05) is 19.3 Å². The molecule has 1 aromatic carbocycles. The summed E-state index contributed by atoms with van der Waals surface area (Å²) in [6.07, 6.45) is 6.23. The van der Waals surface area contributed by atoms with E-state index in [2.05, 4.69) is 17.2 Å². The maximum Gasteiger partial charge on any atom is 0.296 e. The topological polar surface area (TPSA) is 64.1 Å². The van der Waals surface area contributed by atoms with Crippen LogP contribution in [0.5, 0.6) is 0 Å². The van der Waals surface area contributed by atoms with E-state index in [-0.39, 0.29) is 5.54 Å². The van der Waals surface area contributed by atoms with Crippen LogP contribution in [0.1, 0.15) is 39.0 Å². The summed E-state index contributed by atoms with van der Waals surface area (Å²) < 4.78 is 5.71. The highest BCUT2D eigenvalue weighted by Gasteiger charge is 2.28. The maximum absolute atomic E-state index is 5.74. The summed E-state index contributed by atoms with van der Waals surface area (Å²) >= 11 is 0. The second kappa shape index (κ2) is 4.19. The Morgan fingerprint density at radius 3 is 2.83 bits per heavy atom. The van der Waals surface area contributed by atoms with Gasteiger partial charge in [0, 0.05) is 17.3 Å². The van der Waals surface area contributed by atoms with Gasteiger partial charge in [-0.15, -0.1) is 0 Å². The molecule has 0 atom stereocenters. The predicted octanol–water partition coefficient (Wildman–Crippen LogP) is 3.54. The Morgan fingerprint density at radius 1 is 1.28 bits per heavy atom. The van der Waals surface area contributed by atoms with E-state index in [1.807, 2.05) is 18.2 Å². The van der Waals surface area contributed by atoms with Gasteiger partial charge in [-0.25, -0.2) is 0 Å². The van der Waals surface area contributed by atoms with Crippen molar-refractivity contribution >= 4 is 22.8 Å². The number of oxazole rings is 1. The number of fused-ring (bicyclic) bond motifs is 1. The third kappa shape index (κ3) is 2.15. The zero-order chi connectivity index (χ0) is 12.6. The summed E-state index contributed by atoms with van der Waals surface area (Å²) in [5.74, 6) is 0. The first kappa shape index (κ1) is 11.4. The first-order chi connectivity index (χ1) is 8.65. The second-order valence-electron chi connectivity index (χ2n) is 5.49. The average Bonchev–Trinajstić information content (AvgIpc) is 2.70. The molecule has 4 heteroatoms. The predicted molar refractivity (Wildman–Crippen MR) is 73.5 cm³/mol. The number of aromatic nitrogens is 1. The van der Waals surface area contributed by atoms with Crippen molar-refractivity contribution in [3.63, 3.8) is 0 Å². The molecule has 0 saturated heterocycles. The lowest BCUT2D eigenvalue weighted by Gasteiger charge is -2.33. The first-order valence-corrected chi connectivity index (χ1v) is 6.59. The Balaban J connectivity index is 1.86. The fourth-order valence-electron chi connectivity index (χ4n) is 2.71. The summed E-state index contributed by atoms with van der Waals surface area (Å²) in [5.41, 5.74) is 8.15. The summed E-state index contributed by atoms with van der Waals surface area (Å²) in [5, 5.41) is 3.45. The minimum atomic E-state index is 0.116. The third-order valence-electron chi connectivity index (χ3n) is 3.78. The number of nitrogens with one attached hydrogen (secondary N) is 1. The molecule has 1 aliphatic carbocycles. The number of nitrogen functional groups attached to an aromatic ring is 1. The van der Waals surface area contributed by atoms with Gasteiger partial charge < -0.3 is 15.5 Å². The average molecular weight is 245 g/mol. The van der Waals surface area contributed by atoms with Gasteiger partial charge in [0.05, 0.1) is 0 Å². The molecular weight excluding hydrogens is 226 g/mol. The molecule has 0 unspecified atom stereocenters. The fourth-order valence-corrected chi connectivity index (χ4v) is 2.71. The zero-order valence-electron chi connectivity index (χ0n) is 10.7.